The van der Waals surface area contributed by atoms with E-state index in [-0.39, 0.29) is 12.1 Å². The lowest BCUT2D eigenvalue weighted by Crippen LogP contribution is -2.26. The standard InChI is InChI=1S/C19H19N3/c1-15(17-10-7-12-20-14-17)22-19(16-8-3-2-4-9-16)18-11-5-6-13-21-18/h2-15,19,22H,1H3/t15-,19-/m1/s1. The van der Waals surface area contributed by atoms with Crippen LogP contribution in [0.15, 0.2) is 79.3 Å². The third kappa shape index (κ3) is 3.38. The SMILES string of the molecule is C[C@@H](N[C@H](c1ccccc1)c1ccccn1)c1cccnc1. The second kappa shape index (κ2) is 6.96. The van der Waals surface area contributed by atoms with E-state index in [4.69, 9.17) is 0 Å². The lowest BCUT2D eigenvalue weighted by Gasteiger charge is -2.23. The lowest BCUT2D eigenvalue weighted by molar-refractivity contribution is 0.507. The molecule has 3 aromatic rings. The van der Waals surface area contributed by atoms with Crippen molar-refractivity contribution in [3.8, 4) is 0 Å². The molecule has 0 unspecified atom stereocenters. The maximum atomic E-state index is 4.52. The van der Waals surface area contributed by atoms with Crippen molar-refractivity contribution < 1.29 is 0 Å². The van der Waals surface area contributed by atoms with E-state index >= 15 is 0 Å². The van der Waals surface area contributed by atoms with Crippen LogP contribution in [0, 0.1) is 0 Å². The predicted molar refractivity (Wildman–Crippen MR) is 88.3 cm³/mol. The van der Waals surface area contributed by atoms with Crippen LogP contribution in [0.4, 0.5) is 0 Å². The van der Waals surface area contributed by atoms with Gasteiger partial charge < -0.3 is 0 Å². The number of hydrogen-bond donors (Lipinski definition) is 1. The summed E-state index contributed by atoms with van der Waals surface area (Å²) in [5.74, 6) is 0. The topological polar surface area (TPSA) is 37.8 Å². The quantitative estimate of drug-likeness (QED) is 0.773. The maximum Gasteiger partial charge on any atom is 0.0756 e. The fraction of sp³-hybridized carbons (Fsp3) is 0.158. The van der Waals surface area contributed by atoms with Gasteiger partial charge in [0.1, 0.15) is 0 Å². The van der Waals surface area contributed by atoms with Gasteiger partial charge in [-0.15, -0.1) is 0 Å². The highest BCUT2D eigenvalue weighted by atomic mass is 15.0. The van der Waals surface area contributed by atoms with Gasteiger partial charge in [-0.25, -0.2) is 0 Å². The van der Waals surface area contributed by atoms with Crippen molar-refractivity contribution in [1.29, 1.82) is 0 Å². The molecule has 3 heteroatoms. The Hall–Kier alpha value is -2.52. The van der Waals surface area contributed by atoms with Gasteiger partial charge >= 0.3 is 0 Å². The first-order valence-corrected chi connectivity index (χ1v) is 7.46. The highest BCUT2D eigenvalue weighted by molar-refractivity contribution is 5.28. The number of nitrogens with one attached hydrogen (secondary N) is 1. The molecule has 0 radical (unpaired) electrons. The fourth-order valence-electron chi connectivity index (χ4n) is 2.52. The van der Waals surface area contributed by atoms with Crippen molar-refractivity contribution >= 4 is 0 Å². The number of nitrogens with zero attached hydrogens (tertiary/aromatic N) is 2. The van der Waals surface area contributed by atoms with Gasteiger partial charge in [0.15, 0.2) is 0 Å². The minimum atomic E-state index is 0.0533. The van der Waals surface area contributed by atoms with Crippen LogP contribution >= 0.6 is 0 Å². The predicted octanol–water partition coefficient (Wildman–Crippen LogP) is 3.92. The zero-order valence-corrected chi connectivity index (χ0v) is 12.6. The van der Waals surface area contributed by atoms with E-state index in [1.807, 2.05) is 36.7 Å². The van der Waals surface area contributed by atoms with Crippen LogP contribution < -0.4 is 5.32 Å². The number of hydrogen-bond acceptors (Lipinski definition) is 3. The molecule has 0 amide bonds. The average molecular weight is 289 g/mol. The Balaban J connectivity index is 1.90. The van der Waals surface area contributed by atoms with Crippen LogP contribution in [0.5, 0.6) is 0 Å². The first kappa shape index (κ1) is 14.4. The first-order chi connectivity index (χ1) is 10.8. The van der Waals surface area contributed by atoms with E-state index < -0.39 is 0 Å². The van der Waals surface area contributed by atoms with E-state index in [9.17, 15) is 0 Å². The van der Waals surface area contributed by atoms with Crippen molar-refractivity contribution in [1.82, 2.24) is 15.3 Å². The number of aromatic nitrogens is 2. The number of pyridine rings is 2. The lowest BCUT2D eigenvalue weighted by atomic mass is 10.0. The zero-order chi connectivity index (χ0) is 15.2. The molecule has 2 atom stereocenters. The summed E-state index contributed by atoms with van der Waals surface area (Å²) >= 11 is 0. The zero-order valence-electron chi connectivity index (χ0n) is 12.6. The average Bonchev–Trinajstić information content (AvgIpc) is 2.62. The van der Waals surface area contributed by atoms with E-state index in [1.54, 1.807) is 6.20 Å². The second-order valence-electron chi connectivity index (χ2n) is 5.27. The largest absolute Gasteiger partial charge is 0.298 e. The van der Waals surface area contributed by atoms with Crippen molar-refractivity contribution in [3.05, 3.63) is 96.1 Å². The van der Waals surface area contributed by atoms with Crippen LogP contribution in [0.2, 0.25) is 0 Å². The molecule has 0 aliphatic carbocycles. The molecule has 0 aliphatic heterocycles. The maximum absolute atomic E-state index is 4.52. The van der Waals surface area contributed by atoms with Crippen molar-refractivity contribution in [2.24, 2.45) is 0 Å². The van der Waals surface area contributed by atoms with Crippen molar-refractivity contribution in [2.45, 2.75) is 19.0 Å². The van der Waals surface area contributed by atoms with Crippen LogP contribution in [0.25, 0.3) is 0 Å². The summed E-state index contributed by atoms with van der Waals surface area (Å²) in [6.07, 6.45) is 5.53. The van der Waals surface area contributed by atoms with E-state index in [1.165, 1.54) is 11.1 Å². The van der Waals surface area contributed by atoms with Gasteiger partial charge in [-0.3, -0.25) is 15.3 Å². The highest BCUT2D eigenvalue weighted by Gasteiger charge is 2.18. The Morgan fingerprint density at radius 2 is 1.59 bits per heavy atom. The smallest absolute Gasteiger partial charge is 0.0756 e. The fourth-order valence-corrected chi connectivity index (χ4v) is 2.52. The van der Waals surface area contributed by atoms with E-state index in [0.29, 0.717) is 0 Å². The number of benzene rings is 1. The van der Waals surface area contributed by atoms with Gasteiger partial charge in [0.05, 0.1) is 11.7 Å². The minimum Gasteiger partial charge on any atom is -0.298 e. The second-order valence-corrected chi connectivity index (χ2v) is 5.27. The molecule has 2 heterocycles. The Bertz CT molecular complexity index is 644. The van der Waals surface area contributed by atoms with E-state index in [2.05, 4.69) is 58.6 Å². The van der Waals surface area contributed by atoms with E-state index in [0.717, 1.165) is 5.69 Å². The number of rotatable bonds is 5. The monoisotopic (exact) mass is 289 g/mol. The first-order valence-electron chi connectivity index (χ1n) is 7.46. The summed E-state index contributed by atoms with van der Waals surface area (Å²) in [5.41, 5.74) is 3.39. The van der Waals surface area contributed by atoms with Gasteiger partial charge in [0.25, 0.3) is 0 Å². The Morgan fingerprint density at radius 1 is 0.818 bits per heavy atom. The van der Waals surface area contributed by atoms with Crippen molar-refractivity contribution in [2.75, 3.05) is 0 Å². The van der Waals surface area contributed by atoms with Crippen molar-refractivity contribution in [3.63, 3.8) is 0 Å². The summed E-state index contributed by atoms with van der Waals surface area (Å²) in [5, 5.41) is 3.66. The molecule has 0 spiro atoms. The summed E-state index contributed by atoms with van der Waals surface area (Å²) in [6, 6.07) is 20.7. The third-order valence-electron chi connectivity index (χ3n) is 3.72. The van der Waals surface area contributed by atoms with Gasteiger partial charge in [-0.2, -0.15) is 0 Å². The molecule has 1 aromatic carbocycles. The summed E-state index contributed by atoms with van der Waals surface area (Å²) in [6.45, 7) is 2.15. The Labute approximate surface area is 131 Å². The molecule has 0 bridgehead atoms. The minimum absolute atomic E-state index is 0.0533. The Morgan fingerprint density at radius 3 is 2.27 bits per heavy atom. The molecule has 0 aliphatic rings. The van der Waals surface area contributed by atoms with Crippen LogP contribution in [-0.4, -0.2) is 9.97 Å². The molecule has 22 heavy (non-hydrogen) atoms. The van der Waals surface area contributed by atoms with Crippen LogP contribution in [-0.2, 0) is 0 Å². The van der Waals surface area contributed by atoms with Gasteiger partial charge in [-0.05, 0) is 36.2 Å². The summed E-state index contributed by atoms with van der Waals surface area (Å²) in [4.78, 5) is 8.73. The molecule has 0 fully saturated rings. The molecule has 3 nitrogen and oxygen atoms in total. The molecule has 110 valence electrons. The molecule has 2 aromatic heterocycles. The summed E-state index contributed by atoms with van der Waals surface area (Å²) < 4.78 is 0. The van der Waals surface area contributed by atoms with Gasteiger partial charge in [-0.1, -0.05) is 42.5 Å². The highest BCUT2D eigenvalue weighted by Crippen LogP contribution is 2.24. The summed E-state index contributed by atoms with van der Waals surface area (Å²) in [7, 11) is 0. The van der Waals surface area contributed by atoms with Crippen LogP contribution in [0.3, 0.4) is 0 Å². The van der Waals surface area contributed by atoms with Gasteiger partial charge in [0.2, 0.25) is 0 Å². The molecule has 3 rings (SSSR count). The molecule has 0 saturated heterocycles. The normalized spacial score (nSPS) is 13.5. The molecular formula is C19H19N3. The van der Waals surface area contributed by atoms with Gasteiger partial charge in [0, 0.05) is 24.6 Å². The van der Waals surface area contributed by atoms with Crippen LogP contribution in [0.1, 0.15) is 35.8 Å². The molecule has 0 saturated carbocycles. The molecule has 1 N–H and O–H groups in total. The molecular weight excluding hydrogens is 270 g/mol. The third-order valence-corrected chi connectivity index (χ3v) is 3.72. The Kier molecular flexibility index (Phi) is 4.56.